The molecule has 0 bridgehead atoms. The van der Waals surface area contributed by atoms with Crippen LogP contribution in [0.4, 0.5) is 5.82 Å². The number of ether oxygens (including phenoxy) is 1. The molecule has 1 aromatic heterocycles. The monoisotopic (exact) mass is 388 g/mol. The summed E-state index contributed by atoms with van der Waals surface area (Å²) in [7, 11) is 1.59. The van der Waals surface area contributed by atoms with Gasteiger partial charge in [0.05, 0.1) is 18.2 Å². The molecular formula is C23H24N4O2. The molecule has 2 N–H and O–H groups in total. The van der Waals surface area contributed by atoms with Gasteiger partial charge >= 0.3 is 0 Å². The van der Waals surface area contributed by atoms with Crippen LogP contribution in [0.5, 0.6) is 5.75 Å². The molecule has 0 aliphatic heterocycles. The highest BCUT2D eigenvalue weighted by Gasteiger charge is 2.09. The minimum absolute atomic E-state index is 0.125. The third-order valence-corrected chi connectivity index (χ3v) is 4.69. The van der Waals surface area contributed by atoms with Crippen molar-refractivity contribution >= 4 is 22.6 Å². The zero-order chi connectivity index (χ0) is 20.8. The second-order valence-corrected chi connectivity index (χ2v) is 6.91. The van der Waals surface area contributed by atoms with Crippen molar-refractivity contribution in [1.82, 2.24) is 10.3 Å². The van der Waals surface area contributed by atoms with E-state index in [1.165, 1.54) is 0 Å². The Morgan fingerprint density at radius 3 is 2.59 bits per heavy atom. The maximum absolute atomic E-state index is 12.2. The van der Waals surface area contributed by atoms with E-state index in [1.807, 2.05) is 26.0 Å². The molecule has 3 rings (SSSR count). The van der Waals surface area contributed by atoms with Crippen LogP contribution in [0.2, 0.25) is 0 Å². The number of nitrogens with one attached hydrogen (secondary N) is 2. The SMILES string of the molecule is COc1ccc(C(=O)NCCCNc2nc3cc(C)cc(C)c3cc2C#N)cc1. The van der Waals surface area contributed by atoms with Gasteiger partial charge in [-0.1, -0.05) is 6.07 Å². The number of benzene rings is 2. The van der Waals surface area contributed by atoms with E-state index < -0.39 is 0 Å². The van der Waals surface area contributed by atoms with Crippen LogP contribution in [0.15, 0.2) is 42.5 Å². The third kappa shape index (κ3) is 4.82. The normalized spacial score (nSPS) is 10.4. The van der Waals surface area contributed by atoms with Gasteiger partial charge < -0.3 is 15.4 Å². The lowest BCUT2D eigenvalue weighted by atomic mass is 10.0. The van der Waals surface area contributed by atoms with Gasteiger partial charge in [0, 0.05) is 24.0 Å². The molecule has 0 fully saturated rings. The van der Waals surface area contributed by atoms with Gasteiger partial charge in [-0.05, 0) is 67.8 Å². The Balaban J connectivity index is 1.56. The maximum atomic E-state index is 12.2. The van der Waals surface area contributed by atoms with Gasteiger partial charge in [-0.3, -0.25) is 4.79 Å². The Morgan fingerprint density at radius 1 is 1.14 bits per heavy atom. The Hall–Kier alpha value is -3.59. The van der Waals surface area contributed by atoms with Crippen molar-refractivity contribution in [1.29, 1.82) is 5.26 Å². The van der Waals surface area contributed by atoms with E-state index >= 15 is 0 Å². The fourth-order valence-electron chi connectivity index (χ4n) is 3.19. The van der Waals surface area contributed by atoms with Crippen LogP contribution in [0.3, 0.4) is 0 Å². The van der Waals surface area contributed by atoms with Gasteiger partial charge in [0.2, 0.25) is 0 Å². The van der Waals surface area contributed by atoms with E-state index in [0.717, 1.165) is 22.0 Å². The Morgan fingerprint density at radius 2 is 1.90 bits per heavy atom. The molecule has 0 aliphatic rings. The topological polar surface area (TPSA) is 87.0 Å². The first-order valence-corrected chi connectivity index (χ1v) is 9.50. The smallest absolute Gasteiger partial charge is 0.251 e. The largest absolute Gasteiger partial charge is 0.497 e. The average molecular weight is 388 g/mol. The predicted octanol–water partition coefficient (Wildman–Crippen LogP) is 3.96. The summed E-state index contributed by atoms with van der Waals surface area (Å²) < 4.78 is 5.09. The van der Waals surface area contributed by atoms with Crippen molar-refractivity contribution in [3.8, 4) is 11.8 Å². The number of amides is 1. The number of carbonyl (C=O) groups is 1. The molecule has 1 heterocycles. The second-order valence-electron chi connectivity index (χ2n) is 6.91. The molecule has 29 heavy (non-hydrogen) atoms. The molecule has 0 unspecified atom stereocenters. The Bertz CT molecular complexity index is 1070. The standard InChI is InChI=1S/C23H24N4O2/c1-15-11-16(2)20-13-18(14-24)22(27-21(20)12-15)25-9-4-10-26-23(28)17-5-7-19(29-3)8-6-17/h5-8,11-13H,4,9-10H2,1-3H3,(H,25,27)(H,26,28). The number of rotatable bonds is 7. The van der Waals surface area contributed by atoms with Crippen LogP contribution in [0.1, 0.15) is 33.5 Å². The first-order chi connectivity index (χ1) is 14.0. The fourth-order valence-corrected chi connectivity index (χ4v) is 3.19. The van der Waals surface area contributed by atoms with Gasteiger partial charge in [0.1, 0.15) is 17.6 Å². The fraction of sp³-hybridized carbons (Fsp3) is 0.261. The molecule has 0 saturated heterocycles. The highest BCUT2D eigenvalue weighted by molar-refractivity contribution is 5.94. The second kappa shape index (κ2) is 9.07. The van der Waals surface area contributed by atoms with Crippen molar-refractivity contribution in [2.24, 2.45) is 0 Å². The molecule has 0 aliphatic carbocycles. The molecule has 1 amide bonds. The maximum Gasteiger partial charge on any atom is 0.251 e. The summed E-state index contributed by atoms with van der Waals surface area (Å²) in [5, 5.41) is 16.6. The number of anilines is 1. The number of nitriles is 1. The zero-order valence-corrected chi connectivity index (χ0v) is 16.9. The van der Waals surface area contributed by atoms with Crippen LogP contribution >= 0.6 is 0 Å². The highest BCUT2D eigenvalue weighted by atomic mass is 16.5. The number of hydrogen-bond donors (Lipinski definition) is 2. The van der Waals surface area contributed by atoms with Crippen molar-refractivity contribution in [2.75, 3.05) is 25.5 Å². The van der Waals surface area contributed by atoms with Gasteiger partial charge in [0.15, 0.2) is 0 Å². The summed E-state index contributed by atoms with van der Waals surface area (Å²) in [5.74, 6) is 1.17. The first-order valence-electron chi connectivity index (χ1n) is 9.50. The lowest BCUT2D eigenvalue weighted by Crippen LogP contribution is -2.25. The van der Waals surface area contributed by atoms with Crippen LogP contribution in [0, 0.1) is 25.2 Å². The number of aryl methyl sites for hydroxylation is 2. The third-order valence-electron chi connectivity index (χ3n) is 4.69. The molecule has 0 spiro atoms. The summed E-state index contributed by atoms with van der Waals surface area (Å²) in [6.45, 7) is 5.17. The van der Waals surface area contributed by atoms with Gasteiger partial charge in [-0.2, -0.15) is 5.26 Å². The molecule has 6 nitrogen and oxygen atoms in total. The van der Waals surface area contributed by atoms with Crippen molar-refractivity contribution < 1.29 is 9.53 Å². The number of carbonyl (C=O) groups excluding carboxylic acids is 1. The van der Waals surface area contributed by atoms with Crippen LogP contribution < -0.4 is 15.4 Å². The minimum atomic E-state index is -0.125. The van der Waals surface area contributed by atoms with E-state index in [-0.39, 0.29) is 5.91 Å². The lowest BCUT2D eigenvalue weighted by Gasteiger charge is -2.11. The highest BCUT2D eigenvalue weighted by Crippen LogP contribution is 2.24. The summed E-state index contributed by atoms with van der Waals surface area (Å²) in [5.41, 5.74) is 4.23. The van der Waals surface area contributed by atoms with E-state index in [2.05, 4.69) is 27.8 Å². The average Bonchev–Trinajstić information content (AvgIpc) is 2.72. The Kier molecular flexibility index (Phi) is 6.30. The molecular weight excluding hydrogens is 364 g/mol. The minimum Gasteiger partial charge on any atom is -0.497 e. The molecule has 0 saturated carbocycles. The molecule has 3 aromatic rings. The molecule has 6 heteroatoms. The van der Waals surface area contributed by atoms with Crippen molar-refractivity contribution in [3.05, 3.63) is 64.7 Å². The van der Waals surface area contributed by atoms with E-state index in [1.54, 1.807) is 31.4 Å². The van der Waals surface area contributed by atoms with Gasteiger partial charge in [-0.15, -0.1) is 0 Å². The van der Waals surface area contributed by atoms with E-state index in [4.69, 9.17) is 4.74 Å². The first kappa shape index (κ1) is 20.2. The number of methoxy groups -OCH3 is 1. The zero-order valence-electron chi connectivity index (χ0n) is 16.9. The number of aromatic nitrogens is 1. The number of hydrogen-bond acceptors (Lipinski definition) is 5. The summed E-state index contributed by atoms with van der Waals surface area (Å²) in [6.07, 6.45) is 0.708. The molecule has 148 valence electrons. The van der Waals surface area contributed by atoms with Crippen LogP contribution in [-0.4, -0.2) is 31.1 Å². The number of nitrogens with zero attached hydrogens (tertiary/aromatic N) is 2. The Labute approximate surface area is 170 Å². The van der Waals surface area contributed by atoms with Crippen LogP contribution in [0.25, 0.3) is 10.9 Å². The van der Waals surface area contributed by atoms with Gasteiger partial charge in [0.25, 0.3) is 5.91 Å². The van der Waals surface area contributed by atoms with Crippen molar-refractivity contribution in [3.63, 3.8) is 0 Å². The molecule has 2 aromatic carbocycles. The predicted molar refractivity (Wildman–Crippen MR) is 114 cm³/mol. The summed E-state index contributed by atoms with van der Waals surface area (Å²) in [6, 6.07) is 15.2. The lowest BCUT2D eigenvalue weighted by molar-refractivity contribution is 0.0953. The molecule has 0 atom stereocenters. The molecule has 0 radical (unpaired) electrons. The summed E-state index contributed by atoms with van der Waals surface area (Å²) in [4.78, 5) is 16.8. The van der Waals surface area contributed by atoms with E-state index in [9.17, 15) is 10.1 Å². The van der Waals surface area contributed by atoms with Crippen LogP contribution in [-0.2, 0) is 0 Å². The number of pyridine rings is 1. The summed E-state index contributed by atoms with van der Waals surface area (Å²) >= 11 is 0. The van der Waals surface area contributed by atoms with E-state index in [0.29, 0.717) is 42.2 Å². The van der Waals surface area contributed by atoms with Crippen molar-refractivity contribution in [2.45, 2.75) is 20.3 Å². The quantitative estimate of drug-likeness (QED) is 0.598. The number of fused-ring (bicyclic) bond motifs is 1. The van der Waals surface area contributed by atoms with Gasteiger partial charge in [-0.25, -0.2) is 4.98 Å².